The number of amides is 3. The Morgan fingerprint density at radius 1 is 1.06 bits per heavy atom. The highest BCUT2D eigenvalue weighted by Crippen LogP contribution is 2.24. The first-order chi connectivity index (χ1) is 16.3. The van der Waals surface area contributed by atoms with E-state index in [9.17, 15) is 18.8 Å². The summed E-state index contributed by atoms with van der Waals surface area (Å²) in [5.74, 6) is -1.15. The number of halogens is 1. The van der Waals surface area contributed by atoms with Crippen LogP contribution in [-0.4, -0.2) is 54.9 Å². The van der Waals surface area contributed by atoms with E-state index < -0.39 is 17.8 Å². The number of hydrogen-bond acceptors (Lipinski definition) is 4. The maximum absolute atomic E-state index is 14.1. The number of hydrogen-bond donors (Lipinski definition) is 2. The van der Waals surface area contributed by atoms with Crippen LogP contribution in [0.2, 0.25) is 0 Å². The summed E-state index contributed by atoms with van der Waals surface area (Å²) >= 11 is 0. The molecule has 2 atom stereocenters. The fraction of sp³-hybridized carbons (Fsp3) is 0.423. The number of piperidine rings is 1. The van der Waals surface area contributed by atoms with Gasteiger partial charge < -0.3 is 20.3 Å². The number of carbonyl (C=O) groups is 3. The van der Waals surface area contributed by atoms with E-state index in [0.717, 1.165) is 6.42 Å². The van der Waals surface area contributed by atoms with Crippen molar-refractivity contribution in [1.82, 2.24) is 15.5 Å². The summed E-state index contributed by atoms with van der Waals surface area (Å²) in [7, 11) is 1.57. The monoisotopic (exact) mass is 469 g/mol. The standard InChI is InChI=1S/C26H32FN3O4/c1-4-17(2)28-25(32)23(29-24(31)21-7-5-6-8-22(21)27)18-13-15-30(16-14-18)26(33)19-9-11-20(34-3)12-10-19/h5-12,17-18,23H,4,13-16H2,1-3H3,(H,28,32)(H,29,31)/t17-,23-/m0/s1. The van der Waals surface area contributed by atoms with Crippen molar-refractivity contribution in [3.8, 4) is 5.75 Å². The van der Waals surface area contributed by atoms with Gasteiger partial charge in [-0.05, 0) is 68.5 Å². The van der Waals surface area contributed by atoms with Crippen molar-refractivity contribution in [3.05, 3.63) is 65.5 Å². The van der Waals surface area contributed by atoms with Crippen LogP contribution in [0.1, 0.15) is 53.8 Å². The van der Waals surface area contributed by atoms with Gasteiger partial charge in [0.1, 0.15) is 17.6 Å². The van der Waals surface area contributed by atoms with Crippen LogP contribution in [0.25, 0.3) is 0 Å². The van der Waals surface area contributed by atoms with Crippen LogP contribution in [0.3, 0.4) is 0 Å². The second kappa shape index (κ2) is 11.6. The van der Waals surface area contributed by atoms with Gasteiger partial charge in [0.05, 0.1) is 12.7 Å². The molecule has 0 aromatic heterocycles. The number of likely N-dealkylation sites (tertiary alicyclic amines) is 1. The average molecular weight is 470 g/mol. The molecule has 0 bridgehead atoms. The smallest absolute Gasteiger partial charge is 0.254 e. The third-order valence-electron chi connectivity index (χ3n) is 6.32. The first kappa shape index (κ1) is 25.2. The van der Waals surface area contributed by atoms with E-state index in [1.54, 1.807) is 42.3 Å². The van der Waals surface area contributed by atoms with Gasteiger partial charge in [-0.3, -0.25) is 14.4 Å². The van der Waals surface area contributed by atoms with E-state index in [4.69, 9.17) is 4.74 Å². The Bertz CT molecular complexity index is 1000. The van der Waals surface area contributed by atoms with Gasteiger partial charge >= 0.3 is 0 Å². The van der Waals surface area contributed by atoms with Gasteiger partial charge in [0.15, 0.2) is 0 Å². The number of carbonyl (C=O) groups excluding carboxylic acids is 3. The fourth-order valence-electron chi connectivity index (χ4n) is 4.05. The number of methoxy groups -OCH3 is 1. The third-order valence-corrected chi connectivity index (χ3v) is 6.32. The maximum Gasteiger partial charge on any atom is 0.254 e. The maximum atomic E-state index is 14.1. The molecule has 8 heteroatoms. The zero-order chi connectivity index (χ0) is 24.7. The molecule has 3 amide bonds. The number of benzene rings is 2. The molecule has 3 rings (SSSR count). The summed E-state index contributed by atoms with van der Waals surface area (Å²) in [4.78, 5) is 40.5. The van der Waals surface area contributed by atoms with E-state index >= 15 is 0 Å². The lowest BCUT2D eigenvalue weighted by Gasteiger charge is -2.36. The molecule has 1 fully saturated rings. The normalized spacial score (nSPS) is 15.8. The van der Waals surface area contributed by atoms with Crippen LogP contribution in [0.15, 0.2) is 48.5 Å². The Morgan fingerprint density at radius 3 is 2.29 bits per heavy atom. The third kappa shape index (κ3) is 6.12. The Kier molecular flexibility index (Phi) is 8.62. The molecule has 1 aliphatic rings. The van der Waals surface area contributed by atoms with Gasteiger partial charge in [-0.25, -0.2) is 4.39 Å². The van der Waals surface area contributed by atoms with Crippen LogP contribution in [0, 0.1) is 11.7 Å². The van der Waals surface area contributed by atoms with Gasteiger partial charge in [-0.1, -0.05) is 19.1 Å². The molecule has 1 aliphatic heterocycles. The number of nitrogens with zero attached hydrogens (tertiary/aromatic N) is 1. The van der Waals surface area contributed by atoms with Crippen molar-refractivity contribution in [2.24, 2.45) is 5.92 Å². The van der Waals surface area contributed by atoms with Gasteiger partial charge in [0, 0.05) is 24.7 Å². The molecular weight excluding hydrogens is 437 g/mol. The summed E-state index contributed by atoms with van der Waals surface area (Å²) in [5.41, 5.74) is 0.467. The van der Waals surface area contributed by atoms with Crippen LogP contribution in [0.5, 0.6) is 5.75 Å². The molecule has 2 N–H and O–H groups in total. The minimum Gasteiger partial charge on any atom is -0.497 e. The van der Waals surface area contributed by atoms with Gasteiger partial charge in [-0.2, -0.15) is 0 Å². The van der Waals surface area contributed by atoms with Crippen molar-refractivity contribution in [2.75, 3.05) is 20.2 Å². The molecule has 0 unspecified atom stereocenters. The lowest BCUT2D eigenvalue weighted by Crippen LogP contribution is -2.55. The van der Waals surface area contributed by atoms with E-state index in [1.807, 2.05) is 13.8 Å². The fourth-order valence-corrected chi connectivity index (χ4v) is 4.05. The molecule has 34 heavy (non-hydrogen) atoms. The molecule has 0 aliphatic carbocycles. The van der Waals surface area contributed by atoms with Gasteiger partial charge in [0.2, 0.25) is 5.91 Å². The SMILES string of the molecule is CC[C@H](C)NC(=O)[C@@H](NC(=O)c1ccccc1F)C1CCN(C(=O)c2ccc(OC)cc2)CC1. The topological polar surface area (TPSA) is 87.7 Å². The van der Waals surface area contributed by atoms with E-state index in [-0.39, 0.29) is 29.3 Å². The zero-order valence-electron chi connectivity index (χ0n) is 19.8. The molecule has 1 heterocycles. The lowest BCUT2D eigenvalue weighted by atomic mass is 9.88. The predicted octanol–water partition coefficient (Wildman–Crippen LogP) is 3.40. The largest absolute Gasteiger partial charge is 0.497 e. The number of nitrogens with one attached hydrogen (secondary N) is 2. The molecule has 1 saturated heterocycles. The van der Waals surface area contributed by atoms with E-state index in [2.05, 4.69) is 10.6 Å². The highest BCUT2D eigenvalue weighted by atomic mass is 19.1. The minimum absolute atomic E-state index is 0.0582. The Morgan fingerprint density at radius 2 is 1.71 bits per heavy atom. The molecule has 2 aromatic carbocycles. The highest BCUT2D eigenvalue weighted by Gasteiger charge is 2.35. The van der Waals surface area contributed by atoms with Crippen molar-refractivity contribution in [3.63, 3.8) is 0 Å². The van der Waals surface area contributed by atoms with Crippen molar-refractivity contribution in [2.45, 2.75) is 45.2 Å². The van der Waals surface area contributed by atoms with Crippen molar-refractivity contribution < 1.29 is 23.5 Å². The van der Waals surface area contributed by atoms with Crippen LogP contribution < -0.4 is 15.4 Å². The summed E-state index contributed by atoms with van der Waals surface area (Å²) in [6, 6.07) is 11.8. The van der Waals surface area contributed by atoms with Crippen molar-refractivity contribution >= 4 is 17.7 Å². The summed E-state index contributed by atoms with van der Waals surface area (Å²) in [5, 5.41) is 5.68. The first-order valence-corrected chi connectivity index (χ1v) is 11.6. The predicted molar refractivity (Wildman–Crippen MR) is 127 cm³/mol. The first-order valence-electron chi connectivity index (χ1n) is 11.6. The van der Waals surface area contributed by atoms with Gasteiger partial charge in [0.25, 0.3) is 11.8 Å². The van der Waals surface area contributed by atoms with Crippen molar-refractivity contribution in [1.29, 1.82) is 0 Å². The second-order valence-corrected chi connectivity index (χ2v) is 8.61. The van der Waals surface area contributed by atoms with E-state index in [1.165, 1.54) is 18.2 Å². The molecule has 0 saturated carbocycles. The summed E-state index contributed by atoms with van der Waals surface area (Å²) in [6.07, 6.45) is 1.82. The Labute approximate surface area is 199 Å². The van der Waals surface area contributed by atoms with Crippen LogP contribution in [-0.2, 0) is 4.79 Å². The molecular formula is C26H32FN3O4. The van der Waals surface area contributed by atoms with E-state index in [0.29, 0.717) is 37.2 Å². The molecule has 0 radical (unpaired) electrons. The van der Waals surface area contributed by atoms with Crippen LogP contribution in [0.4, 0.5) is 4.39 Å². The number of ether oxygens (including phenoxy) is 1. The Balaban J connectivity index is 1.70. The quantitative estimate of drug-likeness (QED) is 0.620. The minimum atomic E-state index is -0.820. The number of rotatable bonds is 8. The molecule has 0 spiro atoms. The second-order valence-electron chi connectivity index (χ2n) is 8.61. The Hall–Kier alpha value is -3.42. The summed E-state index contributed by atoms with van der Waals surface area (Å²) < 4.78 is 19.3. The molecule has 7 nitrogen and oxygen atoms in total. The van der Waals surface area contributed by atoms with Gasteiger partial charge in [-0.15, -0.1) is 0 Å². The van der Waals surface area contributed by atoms with Crippen LogP contribution >= 0.6 is 0 Å². The highest BCUT2D eigenvalue weighted by molar-refractivity contribution is 5.98. The molecule has 2 aromatic rings. The summed E-state index contributed by atoms with van der Waals surface area (Å²) in [6.45, 7) is 4.77. The average Bonchev–Trinajstić information content (AvgIpc) is 2.87. The lowest BCUT2D eigenvalue weighted by molar-refractivity contribution is -0.125. The molecule has 182 valence electrons. The zero-order valence-corrected chi connectivity index (χ0v) is 19.8.